The molecule has 2 aromatic carbocycles. The largest absolute Gasteiger partial charge is 0.386 e. The van der Waals surface area contributed by atoms with Crippen LogP contribution in [0.2, 0.25) is 0 Å². The van der Waals surface area contributed by atoms with Crippen LogP contribution in [-0.2, 0) is 4.89 Å². The third kappa shape index (κ3) is 4.91. The average molecular weight is 290 g/mol. The fourth-order valence-electron chi connectivity index (χ4n) is 1.74. The molecule has 0 heterocycles. The summed E-state index contributed by atoms with van der Waals surface area (Å²) in [5.41, 5.74) is 1.47. The van der Waals surface area contributed by atoms with Crippen LogP contribution in [-0.4, -0.2) is 16.5 Å². The molecule has 0 bridgehead atoms. The molecule has 0 aliphatic carbocycles. The van der Waals surface area contributed by atoms with Crippen molar-refractivity contribution in [1.82, 2.24) is 0 Å². The summed E-state index contributed by atoms with van der Waals surface area (Å²) in [6.07, 6.45) is 0. The summed E-state index contributed by atoms with van der Waals surface area (Å²) in [5.74, 6) is 0.368. The van der Waals surface area contributed by atoms with Crippen LogP contribution in [0.25, 0.3) is 0 Å². The Bertz CT molecular complexity index is 552. The van der Waals surface area contributed by atoms with Gasteiger partial charge in [-0.1, -0.05) is 50.2 Å². The molecule has 0 radical (unpaired) electrons. The number of hydrogen-bond acceptors (Lipinski definition) is 5. The molecule has 2 rings (SSSR count). The van der Waals surface area contributed by atoms with E-state index in [1.54, 1.807) is 30.3 Å². The molecule has 112 valence electrons. The van der Waals surface area contributed by atoms with Crippen molar-refractivity contribution >= 4 is 5.97 Å². The van der Waals surface area contributed by atoms with E-state index in [0.717, 1.165) is 5.56 Å². The zero-order valence-electron chi connectivity index (χ0n) is 11.9. The van der Waals surface area contributed by atoms with Crippen LogP contribution in [0, 0.1) is 0 Å². The number of benzene rings is 2. The minimum atomic E-state index is -0.501. The topological polar surface area (TPSA) is 76.0 Å². The maximum atomic E-state index is 11.8. The van der Waals surface area contributed by atoms with Gasteiger partial charge in [-0.2, -0.15) is 0 Å². The Hall–Kier alpha value is -2.37. The third-order valence-electron chi connectivity index (χ3n) is 2.76. The Morgan fingerprint density at radius 2 is 1.52 bits per heavy atom. The molecule has 0 aromatic heterocycles. The first kappa shape index (κ1) is 16.7. The normalized spacial score (nSPS) is 9.57. The Labute approximate surface area is 123 Å². The van der Waals surface area contributed by atoms with Gasteiger partial charge >= 0.3 is 5.97 Å². The predicted octanol–water partition coefficient (Wildman–Crippen LogP) is 3.98. The van der Waals surface area contributed by atoms with Crippen LogP contribution >= 0.6 is 0 Å². The number of para-hydroxylation sites is 1. The molecule has 5 heteroatoms. The first-order valence-corrected chi connectivity index (χ1v) is 6.41. The van der Waals surface area contributed by atoms with Crippen LogP contribution in [0.15, 0.2) is 54.6 Å². The smallest absolute Gasteiger partial charge is 0.286 e. The summed E-state index contributed by atoms with van der Waals surface area (Å²) in [6, 6.07) is 16.3. The van der Waals surface area contributed by atoms with Crippen molar-refractivity contribution in [2.24, 2.45) is 0 Å². The molecule has 5 nitrogen and oxygen atoms in total. The second-order valence-corrected chi connectivity index (χ2v) is 4.51. The van der Waals surface area contributed by atoms with Crippen LogP contribution in [0.4, 0.5) is 0 Å². The molecule has 0 saturated carbocycles. The minimum Gasteiger partial charge on any atom is -0.286 e. The second kappa shape index (κ2) is 8.73. The lowest BCUT2D eigenvalue weighted by atomic mass is 10.0. The number of rotatable bonds is 4. The van der Waals surface area contributed by atoms with Crippen LogP contribution in [0.1, 0.15) is 35.7 Å². The summed E-state index contributed by atoms with van der Waals surface area (Å²) in [7, 11) is 0. The lowest BCUT2D eigenvalue weighted by Crippen LogP contribution is -2.09. The Balaban J connectivity index is 0.00000106. The zero-order chi connectivity index (χ0) is 15.7. The molecule has 0 amide bonds. The van der Waals surface area contributed by atoms with E-state index >= 15 is 0 Å². The van der Waals surface area contributed by atoms with E-state index in [1.165, 1.54) is 0 Å². The number of hydrogen-bond donors (Lipinski definition) is 2. The van der Waals surface area contributed by atoms with Gasteiger partial charge in [0, 0.05) is 5.56 Å². The Morgan fingerprint density at radius 3 is 2.14 bits per heavy atom. The third-order valence-corrected chi connectivity index (χ3v) is 2.76. The summed E-state index contributed by atoms with van der Waals surface area (Å²) in [4.78, 5) is 21.8. The molecule has 2 N–H and O–H groups in total. The highest BCUT2D eigenvalue weighted by atomic mass is 17.2. The fraction of sp³-hybridized carbons (Fsp3) is 0.188. The SMILES string of the molecule is CC(C)c1ccccc1OOC(=O)c1ccccc1.OO. The van der Waals surface area contributed by atoms with Gasteiger partial charge in [-0.25, -0.2) is 9.68 Å². The van der Waals surface area contributed by atoms with Gasteiger partial charge in [-0.15, -0.1) is 0 Å². The first-order valence-electron chi connectivity index (χ1n) is 6.41. The molecule has 2 aromatic rings. The minimum absolute atomic E-state index is 0.298. The van der Waals surface area contributed by atoms with Gasteiger partial charge in [0.05, 0.1) is 5.56 Å². The van der Waals surface area contributed by atoms with E-state index in [4.69, 9.17) is 20.3 Å². The van der Waals surface area contributed by atoms with Gasteiger partial charge in [0.2, 0.25) is 0 Å². The monoisotopic (exact) mass is 290 g/mol. The van der Waals surface area contributed by atoms with Crippen molar-refractivity contribution in [3.05, 3.63) is 65.7 Å². The van der Waals surface area contributed by atoms with Crippen molar-refractivity contribution in [2.45, 2.75) is 19.8 Å². The summed E-state index contributed by atoms with van der Waals surface area (Å²) >= 11 is 0. The predicted molar refractivity (Wildman–Crippen MR) is 78.3 cm³/mol. The second-order valence-electron chi connectivity index (χ2n) is 4.51. The van der Waals surface area contributed by atoms with E-state index in [1.807, 2.05) is 24.3 Å². The molecular weight excluding hydrogens is 272 g/mol. The molecule has 0 atom stereocenters. The number of carbonyl (C=O) groups is 1. The van der Waals surface area contributed by atoms with Crippen molar-refractivity contribution in [1.29, 1.82) is 0 Å². The van der Waals surface area contributed by atoms with Crippen molar-refractivity contribution in [2.75, 3.05) is 0 Å². The van der Waals surface area contributed by atoms with E-state index in [-0.39, 0.29) is 0 Å². The van der Waals surface area contributed by atoms with E-state index in [9.17, 15) is 4.79 Å². The number of carbonyl (C=O) groups excluding carboxylic acids is 1. The van der Waals surface area contributed by atoms with Gasteiger partial charge in [0.25, 0.3) is 0 Å². The van der Waals surface area contributed by atoms with Crippen LogP contribution in [0.5, 0.6) is 5.75 Å². The standard InChI is InChI=1S/C16H16O3.H2O2/c1-12(2)14-10-6-7-11-15(14)18-19-16(17)13-8-4-3-5-9-13;1-2/h3-12H,1-2H3;1-2H. The van der Waals surface area contributed by atoms with Gasteiger partial charge in [0.15, 0.2) is 5.75 Å². The van der Waals surface area contributed by atoms with E-state index in [0.29, 0.717) is 17.2 Å². The lowest BCUT2D eigenvalue weighted by Gasteiger charge is -2.11. The summed E-state index contributed by atoms with van der Waals surface area (Å²) < 4.78 is 0. The fourth-order valence-corrected chi connectivity index (χ4v) is 1.74. The van der Waals surface area contributed by atoms with E-state index in [2.05, 4.69) is 13.8 Å². The maximum absolute atomic E-state index is 11.8. The van der Waals surface area contributed by atoms with Crippen molar-refractivity contribution in [3.8, 4) is 5.75 Å². The summed E-state index contributed by atoms with van der Waals surface area (Å²) in [5, 5.41) is 12.0. The molecule has 0 unspecified atom stereocenters. The quantitative estimate of drug-likeness (QED) is 0.658. The van der Waals surface area contributed by atoms with Crippen molar-refractivity contribution < 1.29 is 25.1 Å². The molecule has 0 spiro atoms. The highest BCUT2D eigenvalue weighted by Gasteiger charge is 2.12. The molecule has 0 fully saturated rings. The van der Waals surface area contributed by atoms with Gasteiger partial charge in [-0.3, -0.25) is 15.4 Å². The zero-order valence-corrected chi connectivity index (χ0v) is 11.9. The molecule has 0 aliphatic heterocycles. The average Bonchev–Trinajstić information content (AvgIpc) is 2.55. The highest BCUT2D eigenvalue weighted by Crippen LogP contribution is 2.26. The molecular formula is C16H18O5. The molecule has 21 heavy (non-hydrogen) atoms. The van der Waals surface area contributed by atoms with Gasteiger partial charge in [0.1, 0.15) is 0 Å². The van der Waals surface area contributed by atoms with Gasteiger partial charge < -0.3 is 0 Å². The van der Waals surface area contributed by atoms with Crippen LogP contribution in [0.3, 0.4) is 0 Å². The van der Waals surface area contributed by atoms with Crippen molar-refractivity contribution in [3.63, 3.8) is 0 Å². The molecule has 0 aliphatic rings. The van der Waals surface area contributed by atoms with E-state index < -0.39 is 5.97 Å². The Morgan fingerprint density at radius 1 is 0.952 bits per heavy atom. The van der Waals surface area contributed by atoms with Crippen LogP contribution < -0.4 is 4.89 Å². The summed E-state index contributed by atoms with van der Waals surface area (Å²) in [6.45, 7) is 4.11. The highest BCUT2D eigenvalue weighted by molar-refractivity contribution is 5.88. The maximum Gasteiger partial charge on any atom is 0.386 e. The van der Waals surface area contributed by atoms with Gasteiger partial charge in [-0.05, 0) is 24.1 Å². The lowest BCUT2D eigenvalue weighted by molar-refractivity contribution is -0.176. The molecule has 0 saturated heterocycles. The first-order chi connectivity index (χ1) is 10.2. The Kier molecular flexibility index (Phi) is 6.94.